The van der Waals surface area contributed by atoms with Gasteiger partial charge in [0.15, 0.2) is 0 Å². The van der Waals surface area contributed by atoms with Crippen molar-refractivity contribution in [1.29, 1.82) is 5.41 Å². The minimum Gasteiger partial charge on any atom is -0.439 e. The van der Waals surface area contributed by atoms with E-state index >= 15 is 0 Å². The third kappa shape index (κ3) is 2.78. The van der Waals surface area contributed by atoms with E-state index in [0.29, 0.717) is 22.3 Å². The highest BCUT2D eigenvalue weighted by molar-refractivity contribution is 6.30. The molecular formula is C13H12ClN3O. The van der Waals surface area contributed by atoms with E-state index in [2.05, 4.69) is 4.98 Å². The van der Waals surface area contributed by atoms with Crippen LogP contribution < -0.4 is 10.5 Å². The number of hydrogen-bond donors (Lipinski definition) is 2. The summed E-state index contributed by atoms with van der Waals surface area (Å²) in [7, 11) is 0. The highest BCUT2D eigenvalue weighted by Gasteiger charge is 2.05. The number of nitrogen functional groups attached to an aromatic ring is 1. The van der Waals surface area contributed by atoms with E-state index in [0.717, 1.165) is 5.56 Å². The summed E-state index contributed by atoms with van der Waals surface area (Å²) in [5, 5.41) is 7.98. The lowest BCUT2D eigenvalue weighted by Gasteiger charge is -2.08. The van der Waals surface area contributed by atoms with Crippen LogP contribution in [-0.4, -0.2) is 10.8 Å². The van der Waals surface area contributed by atoms with Crippen molar-refractivity contribution in [3.05, 3.63) is 52.7 Å². The number of aromatic nitrogens is 1. The van der Waals surface area contributed by atoms with Crippen LogP contribution in [0.2, 0.25) is 5.02 Å². The Morgan fingerprint density at radius 1 is 1.33 bits per heavy atom. The predicted molar refractivity (Wildman–Crippen MR) is 71.5 cm³/mol. The van der Waals surface area contributed by atoms with Gasteiger partial charge < -0.3 is 10.5 Å². The van der Waals surface area contributed by atoms with Gasteiger partial charge in [0, 0.05) is 11.1 Å². The molecule has 2 aromatic rings. The van der Waals surface area contributed by atoms with E-state index < -0.39 is 0 Å². The lowest BCUT2D eigenvalue weighted by Crippen LogP contribution is -2.13. The van der Waals surface area contributed by atoms with Crippen LogP contribution in [-0.2, 0) is 0 Å². The molecule has 4 nitrogen and oxygen atoms in total. The van der Waals surface area contributed by atoms with E-state index in [9.17, 15) is 0 Å². The minimum absolute atomic E-state index is 0.0896. The molecule has 0 unspecified atom stereocenters. The number of benzene rings is 1. The van der Waals surface area contributed by atoms with Gasteiger partial charge in [0.1, 0.15) is 17.3 Å². The van der Waals surface area contributed by atoms with Crippen LogP contribution in [0.3, 0.4) is 0 Å². The lowest BCUT2D eigenvalue weighted by atomic mass is 10.2. The van der Waals surface area contributed by atoms with Crippen molar-refractivity contribution in [3.8, 4) is 11.6 Å². The molecule has 92 valence electrons. The molecule has 2 rings (SSSR count). The van der Waals surface area contributed by atoms with Crippen molar-refractivity contribution in [2.45, 2.75) is 6.92 Å². The molecule has 0 radical (unpaired) electrons. The second kappa shape index (κ2) is 5.06. The maximum absolute atomic E-state index is 7.32. The zero-order valence-electron chi connectivity index (χ0n) is 9.77. The van der Waals surface area contributed by atoms with Crippen molar-refractivity contribution in [2.75, 3.05) is 0 Å². The Morgan fingerprint density at radius 3 is 2.78 bits per heavy atom. The summed E-state index contributed by atoms with van der Waals surface area (Å²) in [6, 6.07) is 10.4. The second-order valence-electron chi connectivity index (χ2n) is 3.79. The minimum atomic E-state index is -0.0896. The van der Waals surface area contributed by atoms with Gasteiger partial charge >= 0.3 is 0 Å². The molecule has 0 amide bonds. The van der Waals surface area contributed by atoms with Crippen LogP contribution in [0.4, 0.5) is 0 Å². The first-order valence-corrected chi connectivity index (χ1v) is 5.69. The third-order valence-electron chi connectivity index (χ3n) is 2.35. The highest BCUT2D eigenvalue weighted by Crippen LogP contribution is 2.26. The number of nitrogens with zero attached hydrogens (tertiary/aromatic N) is 1. The maximum atomic E-state index is 7.32. The van der Waals surface area contributed by atoms with Gasteiger partial charge in [0.25, 0.3) is 0 Å². The number of nitrogens with two attached hydrogens (primary N) is 1. The summed E-state index contributed by atoms with van der Waals surface area (Å²) in [5.74, 6) is 0.981. The van der Waals surface area contributed by atoms with Crippen LogP contribution >= 0.6 is 11.6 Å². The van der Waals surface area contributed by atoms with Gasteiger partial charge in [0.05, 0.1) is 0 Å². The van der Waals surface area contributed by atoms with Crippen molar-refractivity contribution >= 4 is 17.4 Å². The number of hydrogen-bond acceptors (Lipinski definition) is 3. The number of pyridine rings is 1. The molecule has 1 heterocycles. The summed E-state index contributed by atoms with van der Waals surface area (Å²) < 4.78 is 5.63. The molecule has 0 atom stereocenters. The Labute approximate surface area is 110 Å². The van der Waals surface area contributed by atoms with Crippen LogP contribution in [0.25, 0.3) is 0 Å². The van der Waals surface area contributed by atoms with Gasteiger partial charge in [0.2, 0.25) is 5.88 Å². The Morgan fingerprint density at radius 2 is 2.11 bits per heavy atom. The topological polar surface area (TPSA) is 72.0 Å². The molecule has 1 aromatic carbocycles. The fraction of sp³-hybridized carbons (Fsp3) is 0.0769. The summed E-state index contributed by atoms with van der Waals surface area (Å²) >= 11 is 5.87. The van der Waals surface area contributed by atoms with Gasteiger partial charge in [-0.3, -0.25) is 5.41 Å². The standard InChI is InChI=1S/C13H12ClN3O/c1-8-7-9(14)5-6-11(8)18-12-4-2-3-10(17-12)13(15)16/h2-7H,1H3,(H3,15,16). The molecule has 5 heteroatoms. The monoisotopic (exact) mass is 261 g/mol. The fourth-order valence-electron chi connectivity index (χ4n) is 1.46. The van der Waals surface area contributed by atoms with Crippen LogP contribution in [0.1, 0.15) is 11.3 Å². The first-order chi connectivity index (χ1) is 8.56. The SMILES string of the molecule is Cc1cc(Cl)ccc1Oc1cccc(C(=N)N)n1. The van der Waals surface area contributed by atoms with Crippen LogP contribution in [0.5, 0.6) is 11.6 Å². The highest BCUT2D eigenvalue weighted by atomic mass is 35.5. The number of aryl methyl sites for hydroxylation is 1. The average Bonchev–Trinajstić information content (AvgIpc) is 2.33. The number of rotatable bonds is 3. The van der Waals surface area contributed by atoms with E-state index in [1.165, 1.54) is 0 Å². The molecule has 3 N–H and O–H groups in total. The van der Waals surface area contributed by atoms with Gasteiger partial charge in [-0.2, -0.15) is 0 Å². The summed E-state index contributed by atoms with van der Waals surface area (Å²) in [5.41, 5.74) is 6.68. The van der Waals surface area contributed by atoms with Gasteiger partial charge in [-0.05, 0) is 36.8 Å². The van der Waals surface area contributed by atoms with E-state index in [1.807, 2.05) is 13.0 Å². The smallest absolute Gasteiger partial charge is 0.219 e. The Bertz CT molecular complexity index is 599. The van der Waals surface area contributed by atoms with E-state index in [1.54, 1.807) is 30.3 Å². The fourth-order valence-corrected chi connectivity index (χ4v) is 1.69. The third-order valence-corrected chi connectivity index (χ3v) is 2.59. The molecule has 0 fully saturated rings. The van der Waals surface area contributed by atoms with Gasteiger partial charge in [-0.25, -0.2) is 4.98 Å². The number of ether oxygens (including phenoxy) is 1. The zero-order valence-corrected chi connectivity index (χ0v) is 10.5. The zero-order chi connectivity index (χ0) is 13.1. The van der Waals surface area contributed by atoms with Crippen LogP contribution in [0.15, 0.2) is 36.4 Å². The van der Waals surface area contributed by atoms with E-state index in [4.69, 9.17) is 27.5 Å². The molecule has 0 aliphatic carbocycles. The first-order valence-electron chi connectivity index (χ1n) is 5.32. The Hall–Kier alpha value is -2.07. The quantitative estimate of drug-likeness (QED) is 0.659. The molecule has 0 bridgehead atoms. The predicted octanol–water partition coefficient (Wildman–Crippen LogP) is 3.12. The summed E-state index contributed by atoms with van der Waals surface area (Å²) in [6.07, 6.45) is 0. The van der Waals surface area contributed by atoms with Crippen molar-refractivity contribution in [1.82, 2.24) is 4.98 Å². The molecule has 0 saturated heterocycles. The summed E-state index contributed by atoms with van der Waals surface area (Å²) in [6.45, 7) is 1.90. The van der Waals surface area contributed by atoms with E-state index in [-0.39, 0.29) is 5.84 Å². The van der Waals surface area contributed by atoms with Crippen molar-refractivity contribution < 1.29 is 4.74 Å². The lowest BCUT2D eigenvalue weighted by molar-refractivity contribution is 0.459. The second-order valence-corrected chi connectivity index (χ2v) is 4.22. The number of amidine groups is 1. The van der Waals surface area contributed by atoms with Crippen molar-refractivity contribution in [3.63, 3.8) is 0 Å². The normalized spacial score (nSPS) is 10.1. The van der Waals surface area contributed by atoms with Gasteiger partial charge in [-0.1, -0.05) is 17.7 Å². The molecule has 1 aromatic heterocycles. The molecule has 0 aliphatic rings. The molecule has 0 saturated carbocycles. The Balaban J connectivity index is 2.28. The molecule has 0 spiro atoms. The first kappa shape index (κ1) is 12.4. The number of halogens is 1. The average molecular weight is 262 g/mol. The molecular weight excluding hydrogens is 250 g/mol. The summed E-state index contributed by atoms with van der Waals surface area (Å²) in [4.78, 5) is 4.13. The molecule has 18 heavy (non-hydrogen) atoms. The Kier molecular flexibility index (Phi) is 3.48. The maximum Gasteiger partial charge on any atom is 0.219 e. The number of nitrogens with one attached hydrogen (secondary N) is 1. The molecule has 0 aliphatic heterocycles. The van der Waals surface area contributed by atoms with Gasteiger partial charge in [-0.15, -0.1) is 0 Å². The van der Waals surface area contributed by atoms with Crippen LogP contribution in [0, 0.1) is 12.3 Å². The van der Waals surface area contributed by atoms with Crippen molar-refractivity contribution in [2.24, 2.45) is 5.73 Å². The largest absolute Gasteiger partial charge is 0.439 e.